The monoisotopic (exact) mass is 313 g/mol. The first kappa shape index (κ1) is 17.0. The smallest absolute Gasteiger partial charge is 0.349 e. The van der Waals surface area contributed by atoms with Crippen molar-refractivity contribution < 1.29 is 21.6 Å². The summed E-state index contributed by atoms with van der Waals surface area (Å²) in [5.41, 5.74) is 6.08. The van der Waals surface area contributed by atoms with Gasteiger partial charge in [0, 0.05) is 32.0 Å². The molecule has 0 aliphatic carbocycles. The van der Waals surface area contributed by atoms with Gasteiger partial charge in [0.15, 0.2) is 0 Å². The summed E-state index contributed by atoms with van der Waals surface area (Å²) in [6.45, 7) is 1.07. The summed E-state index contributed by atoms with van der Waals surface area (Å²) in [7, 11) is -3.26. The molecule has 5 nitrogen and oxygen atoms in total. The Balaban J connectivity index is 3.09. The van der Waals surface area contributed by atoms with Gasteiger partial charge in [-0.05, 0) is 12.5 Å². The standard InChI is InChI=1S/C11H18F3N3O2S/c1-3-4-17-7-10(5-9(17)6-15)20(18,19)16(2)8-11(12,13)14/h5,7H,3-4,6,8,15H2,1-2H3. The summed E-state index contributed by atoms with van der Waals surface area (Å²) in [6, 6.07) is 1.32. The predicted octanol–water partition coefficient (Wildman–Crippen LogP) is 1.54. The van der Waals surface area contributed by atoms with Crippen molar-refractivity contribution in [3.05, 3.63) is 18.0 Å². The number of hydrogen-bond acceptors (Lipinski definition) is 3. The van der Waals surface area contributed by atoms with E-state index in [1.807, 2.05) is 6.92 Å². The van der Waals surface area contributed by atoms with E-state index in [4.69, 9.17) is 5.73 Å². The van der Waals surface area contributed by atoms with Crippen molar-refractivity contribution in [2.24, 2.45) is 5.73 Å². The van der Waals surface area contributed by atoms with E-state index in [0.29, 0.717) is 16.5 Å². The number of hydrogen-bond donors (Lipinski definition) is 1. The van der Waals surface area contributed by atoms with Crippen molar-refractivity contribution in [1.29, 1.82) is 0 Å². The van der Waals surface area contributed by atoms with Crippen LogP contribution in [0.3, 0.4) is 0 Å². The first-order valence-electron chi connectivity index (χ1n) is 6.04. The molecule has 1 aromatic heterocycles. The number of sulfonamides is 1. The van der Waals surface area contributed by atoms with Crippen LogP contribution in [0.25, 0.3) is 0 Å². The van der Waals surface area contributed by atoms with Gasteiger partial charge in [-0.3, -0.25) is 0 Å². The molecule has 0 spiro atoms. The third-order valence-electron chi connectivity index (χ3n) is 2.74. The van der Waals surface area contributed by atoms with Crippen LogP contribution in [0.4, 0.5) is 13.2 Å². The first-order chi connectivity index (χ1) is 9.11. The van der Waals surface area contributed by atoms with Gasteiger partial charge in [-0.1, -0.05) is 6.92 Å². The van der Waals surface area contributed by atoms with E-state index in [1.54, 1.807) is 4.57 Å². The summed E-state index contributed by atoms with van der Waals surface area (Å²) in [4.78, 5) is -0.168. The van der Waals surface area contributed by atoms with Gasteiger partial charge in [-0.15, -0.1) is 0 Å². The molecule has 0 fully saturated rings. The fraction of sp³-hybridized carbons (Fsp3) is 0.636. The van der Waals surface area contributed by atoms with Gasteiger partial charge < -0.3 is 10.3 Å². The fourth-order valence-electron chi connectivity index (χ4n) is 1.80. The average Bonchev–Trinajstić information content (AvgIpc) is 2.71. The molecule has 0 saturated carbocycles. The zero-order chi connectivity index (χ0) is 15.6. The summed E-state index contributed by atoms with van der Waals surface area (Å²) >= 11 is 0. The van der Waals surface area contributed by atoms with Gasteiger partial charge in [-0.2, -0.15) is 17.5 Å². The second-order valence-electron chi connectivity index (χ2n) is 4.44. The Morgan fingerprint density at radius 3 is 2.45 bits per heavy atom. The molecule has 1 heterocycles. The predicted molar refractivity (Wildman–Crippen MR) is 68.5 cm³/mol. The van der Waals surface area contributed by atoms with Crippen LogP contribution in [0.5, 0.6) is 0 Å². The maximum atomic E-state index is 12.3. The van der Waals surface area contributed by atoms with Gasteiger partial charge in [0.05, 0.1) is 0 Å². The van der Waals surface area contributed by atoms with Crippen molar-refractivity contribution in [2.45, 2.75) is 37.5 Å². The van der Waals surface area contributed by atoms with Gasteiger partial charge in [-0.25, -0.2) is 8.42 Å². The van der Waals surface area contributed by atoms with Gasteiger partial charge in [0.25, 0.3) is 0 Å². The second-order valence-corrected chi connectivity index (χ2v) is 6.49. The Morgan fingerprint density at radius 1 is 1.40 bits per heavy atom. The third-order valence-corrected chi connectivity index (χ3v) is 4.51. The number of alkyl halides is 3. The molecular weight excluding hydrogens is 295 g/mol. The summed E-state index contributed by atoms with van der Waals surface area (Å²) in [5.74, 6) is 0. The number of rotatable bonds is 6. The average molecular weight is 313 g/mol. The minimum absolute atomic E-state index is 0.124. The zero-order valence-electron chi connectivity index (χ0n) is 11.3. The summed E-state index contributed by atoms with van der Waals surface area (Å²) in [5, 5.41) is 0. The largest absolute Gasteiger partial charge is 0.402 e. The van der Waals surface area contributed by atoms with E-state index >= 15 is 0 Å². The third kappa shape index (κ3) is 3.97. The van der Waals surface area contributed by atoms with Crippen LogP contribution in [0.2, 0.25) is 0 Å². The fourth-order valence-corrected chi connectivity index (χ4v) is 3.03. The van der Waals surface area contributed by atoms with Crippen LogP contribution >= 0.6 is 0 Å². The quantitative estimate of drug-likeness (QED) is 0.866. The molecule has 0 bridgehead atoms. The van der Waals surface area contributed by atoms with Gasteiger partial charge in [0.2, 0.25) is 10.0 Å². The summed E-state index contributed by atoms with van der Waals surface area (Å²) < 4.78 is 62.9. The molecule has 0 unspecified atom stereocenters. The molecule has 116 valence electrons. The minimum Gasteiger partial charge on any atom is -0.349 e. The van der Waals surface area contributed by atoms with E-state index in [0.717, 1.165) is 13.5 Å². The van der Waals surface area contributed by atoms with Crippen molar-refractivity contribution in [1.82, 2.24) is 8.87 Å². The van der Waals surface area contributed by atoms with Crippen molar-refractivity contribution >= 4 is 10.0 Å². The molecule has 0 radical (unpaired) electrons. The lowest BCUT2D eigenvalue weighted by atomic mass is 10.4. The topological polar surface area (TPSA) is 68.3 Å². The molecule has 1 rings (SSSR count). The molecule has 0 atom stereocenters. The minimum atomic E-state index is -4.58. The lowest BCUT2D eigenvalue weighted by Gasteiger charge is -2.17. The Bertz CT molecular complexity index is 552. The highest BCUT2D eigenvalue weighted by molar-refractivity contribution is 7.89. The second kappa shape index (κ2) is 6.15. The van der Waals surface area contributed by atoms with Crippen LogP contribution in [0, 0.1) is 0 Å². The molecule has 2 N–H and O–H groups in total. The number of nitrogens with zero attached hydrogens (tertiary/aromatic N) is 2. The van der Waals surface area contributed by atoms with Crippen LogP contribution < -0.4 is 5.73 Å². The lowest BCUT2D eigenvalue weighted by Crippen LogP contribution is -2.35. The molecule has 0 aliphatic heterocycles. The number of halogens is 3. The highest BCUT2D eigenvalue weighted by Gasteiger charge is 2.35. The molecule has 0 amide bonds. The van der Waals surface area contributed by atoms with E-state index in [1.165, 1.54) is 12.3 Å². The molecule has 0 aliphatic rings. The van der Waals surface area contributed by atoms with E-state index < -0.39 is 22.7 Å². The van der Waals surface area contributed by atoms with Gasteiger partial charge >= 0.3 is 6.18 Å². The molecule has 1 aromatic rings. The SMILES string of the molecule is CCCn1cc(S(=O)(=O)N(C)CC(F)(F)F)cc1CN. The maximum absolute atomic E-state index is 12.3. The molecule has 0 aromatic carbocycles. The Hall–Kier alpha value is -1.06. The number of aromatic nitrogens is 1. The van der Waals surface area contributed by atoms with Crippen LogP contribution in [-0.4, -0.2) is 37.1 Å². The lowest BCUT2D eigenvalue weighted by molar-refractivity contribution is -0.134. The highest BCUT2D eigenvalue weighted by Crippen LogP contribution is 2.23. The number of aryl methyl sites for hydroxylation is 1. The van der Waals surface area contributed by atoms with Crippen LogP contribution in [-0.2, 0) is 23.1 Å². The Morgan fingerprint density at radius 2 is 2.00 bits per heavy atom. The van der Waals surface area contributed by atoms with Crippen LogP contribution in [0.1, 0.15) is 19.0 Å². The molecular formula is C11H18F3N3O2S. The van der Waals surface area contributed by atoms with Crippen molar-refractivity contribution in [3.8, 4) is 0 Å². The van der Waals surface area contributed by atoms with E-state index in [9.17, 15) is 21.6 Å². The maximum Gasteiger partial charge on any atom is 0.402 e. The van der Waals surface area contributed by atoms with Crippen molar-refractivity contribution in [3.63, 3.8) is 0 Å². The Labute approximate surface area is 116 Å². The molecule has 0 saturated heterocycles. The normalized spacial score (nSPS) is 13.2. The van der Waals surface area contributed by atoms with Crippen LogP contribution in [0.15, 0.2) is 17.2 Å². The van der Waals surface area contributed by atoms with Gasteiger partial charge in [0.1, 0.15) is 11.4 Å². The van der Waals surface area contributed by atoms with Crippen molar-refractivity contribution in [2.75, 3.05) is 13.6 Å². The highest BCUT2D eigenvalue weighted by atomic mass is 32.2. The molecule has 20 heavy (non-hydrogen) atoms. The Kier molecular flexibility index (Phi) is 5.22. The zero-order valence-corrected chi connectivity index (χ0v) is 12.1. The first-order valence-corrected chi connectivity index (χ1v) is 7.48. The number of nitrogens with two attached hydrogens (primary N) is 1. The summed E-state index contributed by atoms with van der Waals surface area (Å²) in [6.07, 6.45) is -2.49. The molecule has 9 heteroatoms. The van der Waals surface area contributed by atoms with E-state index in [2.05, 4.69) is 0 Å². The van der Waals surface area contributed by atoms with E-state index in [-0.39, 0.29) is 11.4 Å².